The van der Waals surface area contributed by atoms with E-state index in [-0.39, 0.29) is 24.6 Å². The van der Waals surface area contributed by atoms with Crippen LogP contribution in [-0.4, -0.2) is 25.5 Å². The van der Waals surface area contributed by atoms with Gasteiger partial charge < -0.3 is 9.64 Å². The quantitative estimate of drug-likeness (QED) is 0.785. The summed E-state index contributed by atoms with van der Waals surface area (Å²) in [6.45, 7) is 0.157. The van der Waals surface area contributed by atoms with Crippen molar-refractivity contribution in [2.45, 2.75) is 6.42 Å². The largest absolute Gasteiger partial charge is 0.469 e. The fraction of sp³-hybridized carbons (Fsp3) is 0.333. The van der Waals surface area contributed by atoms with Gasteiger partial charge in [-0.1, -0.05) is 15.9 Å². The van der Waals surface area contributed by atoms with Crippen molar-refractivity contribution in [3.05, 3.63) is 28.5 Å². The molecule has 0 aromatic heterocycles. The molecule has 1 atom stereocenters. The van der Waals surface area contributed by atoms with Crippen LogP contribution < -0.4 is 4.90 Å². The van der Waals surface area contributed by atoms with E-state index in [0.29, 0.717) is 4.47 Å². The van der Waals surface area contributed by atoms with E-state index in [4.69, 9.17) is 0 Å². The summed E-state index contributed by atoms with van der Waals surface area (Å²) in [4.78, 5) is 24.4. The molecule has 2 rings (SSSR count). The van der Waals surface area contributed by atoms with Crippen molar-refractivity contribution in [3.8, 4) is 0 Å². The first-order chi connectivity index (χ1) is 8.52. The molecule has 1 heterocycles. The molecule has 1 aliphatic rings. The van der Waals surface area contributed by atoms with Gasteiger partial charge in [0.1, 0.15) is 5.82 Å². The first-order valence-corrected chi connectivity index (χ1v) is 6.15. The Balaban J connectivity index is 2.24. The minimum absolute atomic E-state index is 0.0577. The standard InChI is InChI=1S/C12H11BrFNO3/c1-18-12(17)7-4-11(16)15(6-7)10-3-2-8(13)5-9(10)14/h2-3,5,7H,4,6H2,1H3. The molecule has 1 unspecified atom stereocenters. The van der Waals surface area contributed by atoms with Gasteiger partial charge in [0.15, 0.2) is 0 Å². The Morgan fingerprint density at radius 2 is 2.28 bits per heavy atom. The Bertz CT molecular complexity index is 506. The lowest BCUT2D eigenvalue weighted by atomic mass is 10.1. The molecule has 6 heteroatoms. The maximum atomic E-state index is 13.7. The highest BCUT2D eigenvalue weighted by Crippen LogP contribution is 2.29. The number of ether oxygens (including phenoxy) is 1. The molecule has 1 aromatic carbocycles. The smallest absolute Gasteiger partial charge is 0.311 e. The van der Waals surface area contributed by atoms with Crippen LogP contribution in [0.4, 0.5) is 10.1 Å². The number of carbonyl (C=O) groups excluding carboxylic acids is 2. The zero-order valence-electron chi connectivity index (χ0n) is 9.65. The van der Waals surface area contributed by atoms with Gasteiger partial charge in [0.2, 0.25) is 5.91 Å². The number of carbonyl (C=O) groups is 2. The molecule has 18 heavy (non-hydrogen) atoms. The molecule has 0 saturated carbocycles. The number of halogens is 2. The molecular weight excluding hydrogens is 305 g/mol. The van der Waals surface area contributed by atoms with E-state index in [9.17, 15) is 14.0 Å². The summed E-state index contributed by atoms with van der Waals surface area (Å²) in [5.74, 6) is -1.73. The van der Waals surface area contributed by atoms with Crippen LogP contribution in [-0.2, 0) is 14.3 Å². The van der Waals surface area contributed by atoms with Crippen molar-refractivity contribution in [3.63, 3.8) is 0 Å². The van der Waals surface area contributed by atoms with Crippen LogP contribution in [0.2, 0.25) is 0 Å². The molecule has 1 amide bonds. The van der Waals surface area contributed by atoms with Crippen LogP contribution in [0.3, 0.4) is 0 Å². The first kappa shape index (κ1) is 13.0. The maximum absolute atomic E-state index is 13.7. The van der Waals surface area contributed by atoms with Crippen molar-refractivity contribution >= 4 is 33.5 Å². The second kappa shape index (κ2) is 5.06. The van der Waals surface area contributed by atoms with Crippen molar-refractivity contribution < 1.29 is 18.7 Å². The van der Waals surface area contributed by atoms with Crippen LogP contribution in [0.15, 0.2) is 22.7 Å². The van der Waals surface area contributed by atoms with Gasteiger partial charge in [-0.25, -0.2) is 4.39 Å². The van der Waals surface area contributed by atoms with E-state index in [0.717, 1.165) is 0 Å². The summed E-state index contributed by atoms with van der Waals surface area (Å²) >= 11 is 3.15. The molecule has 0 radical (unpaired) electrons. The predicted molar refractivity (Wildman–Crippen MR) is 66.6 cm³/mol. The summed E-state index contributed by atoms with van der Waals surface area (Å²) in [6.07, 6.45) is 0.0577. The summed E-state index contributed by atoms with van der Waals surface area (Å²) in [5, 5.41) is 0. The van der Waals surface area contributed by atoms with Crippen molar-refractivity contribution in [2.24, 2.45) is 5.92 Å². The van der Waals surface area contributed by atoms with Crippen LogP contribution in [0, 0.1) is 11.7 Å². The second-order valence-electron chi connectivity index (χ2n) is 4.02. The highest BCUT2D eigenvalue weighted by molar-refractivity contribution is 9.10. The van der Waals surface area contributed by atoms with Crippen LogP contribution in [0.5, 0.6) is 0 Å². The summed E-state index contributed by atoms with van der Waals surface area (Å²) in [6, 6.07) is 4.45. The number of hydrogen-bond donors (Lipinski definition) is 0. The van der Waals surface area contributed by atoms with E-state index in [1.165, 1.54) is 24.1 Å². The molecule has 96 valence electrons. The lowest BCUT2D eigenvalue weighted by Crippen LogP contribution is -2.27. The minimum Gasteiger partial charge on any atom is -0.469 e. The fourth-order valence-corrected chi connectivity index (χ4v) is 2.30. The number of amides is 1. The van der Waals surface area contributed by atoms with Crippen LogP contribution >= 0.6 is 15.9 Å². The third-order valence-electron chi connectivity index (χ3n) is 2.86. The number of anilines is 1. The zero-order chi connectivity index (χ0) is 13.3. The molecule has 1 saturated heterocycles. The molecule has 1 fully saturated rings. The van der Waals surface area contributed by atoms with E-state index >= 15 is 0 Å². The number of rotatable bonds is 2. The van der Waals surface area contributed by atoms with Gasteiger partial charge in [-0.05, 0) is 18.2 Å². The Labute approximate surface area is 112 Å². The number of methoxy groups -OCH3 is 1. The number of benzene rings is 1. The molecule has 1 aliphatic heterocycles. The monoisotopic (exact) mass is 315 g/mol. The Morgan fingerprint density at radius 3 is 2.89 bits per heavy atom. The van der Waals surface area contributed by atoms with Gasteiger partial charge in [-0.3, -0.25) is 9.59 Å². The van der Waals surface area contributed by atoms with Crippen LogP contribution in [0.1, 0.15) is 6.42 Å². The average Bonchev–Trinajstić information content (AvgIpc) is 2.70. The highest BCUT2D eigenvalue weighted by Gasteiger charge is 2.36. The number of hydrogen-bond acceptors (Lipinski definition) is 3. The van der Waals surface area contributed by atoms with E-state index in [1.54, 1.807) is 6.07 Å². The third-order valence-corrected chi connectivity index (χ3v) is 3.35. The molecule has 0 N–H and O–H groups in total. The van der Waals surface area contributed by atoms with Gasteiger partial charge in [-0.2, -0.15) is 0 Å². The molecular formula is C12H11BrFNO3. The molecule has 4 nitrogen and oxygen atoms in total. The average molecular weight is 316 g/mol. The topological polar surface area (TPSA) is 46.6 Å². The second-order valence-corrected chi connectivity index (χ2v) is 4.94. The van der Waals surface area contributed by atoms with E-state index < -0.39 is 17.7 Å². The lowest BCUT2D eigenvalue weighted by Gasteiger charge is -2.17. The van der Waals surface area contributed by atoms with Gasteiger partial charge in [0.05, 0.1) is 18.7 Å². The SMILES string of the molecule is COC(=O)C1CC(=O)N(c2ccc(Br)cc2F)C1. The number of esters is 1. The van der Waals surface area contributed by atoms with Crippen molar-refractivity contribution in [1.29, 1.82) is 0 Å². The van der Waals surface area contributed by atoms with Gasteiger partial charge >= 0.3 is 5.97 Å². The molecule has 0 aliphatic carbocycles. The normalized spacial score (nSPS) is 19.2. The molecule has 0 spiro atoms. The first-order valence-electron chi connectivity index (χ1n) is 5.36. The molecule has 0 bridgehead atoms. The highest BCUT2D eigenvalue weighted by atomic mass is 79.9. The minimum atomic E-state index is -0.523. The Morgan fingerprint density at radius 1 is 1.56 bits per heavy atom. The van der Waals surface area contributed by atoms with Crippen molar-refractivity contribution in [2.75, 3.05) is 18.6 Å². The van der Waals surface area contributed by atoms with Crippen LogP contribution in [0.25, 0.3) is 0 Å². The summed E-state index contributed by atoms with van der Waals surface area (Å²) in [5.41, 5.74) is 0.189. The van der Waals surface area contributed by atoms with E-state index in [2.05, 4.69) is 20.7 Å². The fourth-order valence-electron chi connectivity index (χ4n) is 1.97. The lowest BCUT2D eigenvalue weighted by molar-refractivity contribution is -0.145. The van der Waals surface area contributed by atoms with E-state index in [1.807, 2.05) is 0 Å². The molecule has 1 aromatic rings. The Kier molecular flexibility index (Phi) is 3.65. The summed E-state index contributed by atoms with van der Waals surface area (Å²) < 4.78 is 18.9. The Hall–Kier alpha value is -1.43. The number of nitrogens with zero attached hydrogens (tertiary/aromatic N) is 1. The summed E-state index contributed by atoms with van der Waals surface area (Å²) in [7, 11) is 1.27. The van der Waals surface area contributed by atoms with Gasteiger partial charge in [0, 0.05) is 17.4 Å². The zero-order valence-corrected chi connectivity index (χ0v) is 11.2. The van der Waals surface area contributed by atoms with Gasteiger partial charge in [-0.15, -0.1) is 0 Å². The van der Waals surface area contributed by atoms with Crippen molar-refractivity contribution in [1.82, 2.24) is 0 Å². The van der Waals surface area contributed by atoms with Gasteiger partial charge in [0.25, 0.3) is 0 Å². The third kappa shape index (κ3) is 2.38. The maximum Gasteiger partial charge on any atom is 0.311 e. The predicted octanol–water partition coefficient (Wildman–Crippen LogP) is 2.11.